The Bertz CT molecular complexity index is 1250. The molecule has 0 N–H and O–H groups in total. The lowest BCUT2D eigenvalue weighted by molar-refractivity contribution is 0.0583. The van der Waals surface area contributed by atoms with Gasteiger partial charge in [0.05, 0.1) is 62.0 Å². The van der Waals surface area contributed by atoms with Crippen molar-refractivity contribution in [1.82, 2.24) is 9.80 Å². The number of nitrogens with zero attached hydrogens (tertiary/aromatic N) is 4. The van der Waals surface area contributed by atoms with Crippen molar-refractivity contribution in [3.05, 3.63) is 35.4 Å². The number of aliphatic imine (C=N–C) groups is 2. The van der Waals surface area contributed by atoms with Crippen LogP contribution in [-0.4, -0.2) is 86.6 Å². The highest BCUT2D eigenvalue weighted by Crippen LogP contribution is 2.40. The Balaban J connectivity index is 1.01. The van der Waals surface area contributed by atoms with Crippen LogP contribution < -0.4 is 18.9 Å². The Hall–Kier alpha value is -4.08. The molecule has 4 aliphatic heterocycles. The number of rotatable bonds is 10. The van der Waals surface area contributed by atoms with E-state index < -0.39 is 0 Å². The highest BCUT2D eigenvalue weighted by atomic mass is 16.5. The fraction of sp³-hybridized carbons (Fsp3) is 0.448. The summed E-state index contributed by atoms with van der Waals surface area (Å²) in [7, 11) is 3.14. The van der Waals surface area contributed by atoms with Crippen LogP contribution in [0, 0.1) is 0 Å². The van der Waals surface area contributed by atoms with E-state index in [4.69, 9.17) is 18.9 Å². The van der Waals surface area contributed by atoms with E-state index in [9.17, 15) is 9.59 Å². The molecule has 2 atom stereocenters. The lowest BCUT2D eigenvalue weighted by Crippen LogP contribution is -2.51. The first kappa shape index (κ1) is 25.2. The average molecular weight is 533 g/mol. The maximum Gasteiger partial charge on any atom is 0.256 e. The van der Waals surface area contributed by atoms with Crippen LogP contribution >= 0.6 is 0 Å². The highest BCUT2D eigenvalue weighted by Gasteiger charge is 2.36. The number of hydrogen-bond acceptors (Lipinski definition) is 8. The van der Waals surface area contributed by atoms with Gasteiger partial charge in [-0.2, -0.15) is 0 Å². The van der Waals surface area contributed by atoms with E-state index in [-0.39, 0.29) is 23.9 Å². The van der Waals surface area contributed by atoms with Crippen LogP contribution in [0.5, 0.6) is 23.0 Å². The highest BCUT2D eigenvalue weighted by molar-refractivity contribution is 6.04. The van der Waals surface area contributed by atoms with Crippen molar-refractivity contribution < 1.29 is 28.5 Å². The predicted octanol–water partition coefficient (Wildman–Crippen LogP) is 4.19. The number of carbonyl (C=O) groups excluding carboxylic acids is 2. The number of benzene rings is 2. The second-order valence-electron chi connectivity index (χ2n) is 10.1. The van der Waals surface area contributed by atoms with E-state index in [0.717, 1.165) is 45.2 Å². The topological polar surface area (TPSA) is 102 Å². The van der Waals surface area contributed by atoms with E-state index in [2.05, 4.69) is 9.98 Å². The van der Waals surface area contributed by atoms with Crippen LogP contribution in [0.25, 0.3) is 0 Å². The van der Waals surface area contributed by atoms with Crippen LogP contribution in [0.1, 0.15) is 52.8 Å². The summed E-state index contributed by atoms with van der Waals surface area (Å²) < 4.78 is 23.0. The molecule has 0 aromatic heterocycles. The van der Waals surface area contributed by atoms with Gasteiger partial charge in [-0.1, -0.05) is 0 Å². The van der Waals surface area contributed by atoms with Gasteiger partial charge in [0.2, 0.25) is 0 Å². The van der Waals surface area contributed by atoms with Gasteiger partial charge in [0, 0.05) is 37.7 Å². The molecule has 0 bridgehead atoms. The van der Waals surface area contributed by atoms with Gasteiger partial charge < -0.3 is 28.7 Å². The average Bonchev–Trinajstić information content (AvgIpc) is 3.05. The van der Waals surface area contributed by atoms with Gasteiger partial charge in [-0.15, -0.1) is 0 Å². The van der Waals surface area contributed by atoms with Gasteiger partial charge >= 0.3 is 0 Å². The van der Waals surface area contributed by atoms with E-state index in [0.29, 0.717) is 58.7 Å². The number of carbonyl (C=O) groups is 2. The molecule has 10 heteroatoms. The molecular weight excluding hydrogens is 500 g/mol. The minimum Gasteiger partial charge on any atom is -0.493 e. The van der Waals surface area contributed by atoms with Crippen LogP contribution in [0.15, 0.2) is 34.3 Å². The second kappa shape index (κ2) is 10.6. The molecule has 2 aromatic rings. The zero-order chi connectivity index (χ0) is 26.9. The first-order chi connectivity index (χ1) is 19.1. The molecule has 2 aromatic carbocycles. The minimum absolute atomic E-state index is 0.0157. The Kier molecular flexibility index (Phi) is 6.85. The van der Waals surface area contributed by atoms with E-state index in [1.807, 2.05) is 22.2 Å². The molecule has 0 unspecified atom stereocenters. The van der Waals surface area contributed by atoms with Crippen LogP contribution in [0.2, 0.25) is 0 Å². The van der Waals surface area contributed by atoms with Gasteiger partial charge in [-0.3, -0.25) is 19.6 Å². The maximum atomic E-state index is 12.8. The van der Waals surface area contributed by atoms with Gasteiger partial charge in [0.15, 0.2) is 23.0 Å². The largest absolute Gasteiger partial charge is 0.493 e. The predicted molar refractivity (Wildman–Crippen MR) is 146 cm³/mol. The molecule has 0 radical (unpaired) electrons. The summed E-state index contributed by atoms with van der Waals surface area (Å²) in [6.45, 7) is 2.51. The molecule has 6 rings (SSSR count). The summed E-state index contributed by atoms with van der Waals surface area (Å²) >= 11 is 0. The Morgan fingerprint density at radius 2 is 1.15 bits per heavy atom. The molecule has 39 heavy (non-hydrogen) atoms. The molecule has 2 fully saturated rings. The SMILES string of the molecule is COc1cc2c(cc1OCCCCCOc1cc3c(cc1OC)C(=O)N1CC[C@H]1C=N3)N=C[C@@H]1CCN1C2=O. The Labute approximate surface area is 227 Å². The fourth-order valence-electron chi connectivity index (χ4n) is 5.22. The smallest absolute Gasteiger partial charge is 0.256 e. The van der Waals surface area contributed by atoms with Crippen molar-refractivity contribution in [2.24, 2.45) is 9.98 Å². The maximum absolute atomic E-state index is 12.8. The summed E-state index contributed by atoms with van der Waals surface area (Å²) in [6.07, 6.45) is 8.10. The molecular formula is C29H32N4O6. The van der Waals surface area contributed by atoms with E-state index in [1.54, 1.807) is 38.5 Å². The number of fused-ring (bicyclic) bond motifs is 4. The van der Waals surface area contributed by atoms with Gasteiger partial charge in [-0.05, 0) is 44.2 Å². The number of unbranched alkanes of at least 4 members (excludes halogenated alkanes) is 2. The summed E-state index contributed by atoms with van der Waals surface area (Å²) in [5, 5.41) is 0. The van der Waals surface area contributed by atoms with Crippen molar-refractivity contribution >= 4 is 35.6 Å². The second-order valence-corrected chi connectivity index (χ2v) is 10.1. The molecule has 0 spiro atoms. The van der Waals surface area contributed by atoms with Crippen LogP contribution in [0.3, 0.4) is 0 Å². The summed E-state index contributed by atoms with van der Waals surface area (Å²) in [4.78, 5) is 38.4. The fourth-order valence-corrected chi connectivity index (χ4v) is 5.22. The summed E-state index contributed by atoms with van der Waals surface area (Å²) in [5.41, 5.74) is 2.32. The minimum atomic E-state index is -0.0157. The molecule has 4 heterocycles. The molecule has 4 aliphatic rings. The molecule has 2 saturated heterocycles. The van der Waals surface area contributed by atoms with Crippen molar-refractivity contribution in [1.29, 1.82) is 0 Å². The van der Waals surface area contributed by atoms with Gasteiger partial charge in [-0.25, -0.2) is 0 Å². The molecule has 0 saturated carbocycles. The van der Waals surface area contributed by atoms with Crippen molar-refractivity contribution in [3.63, 3.8) is 0 Å². The van der Waals surface area contributed by atoms with Crippen LogP contribution in [-0.2, 0) is 0 Å². The standard InChI is InChI=1S/C29H32N4O6/c1-36-24-12-20-22(30-16-18-6-8-32(18)28(20)34)14-26(24)38-10-4-3-5-11-39-27-15-23-21(13-25(27)37-2)29(35)33-9-7-19(33)17-31-23/h12-19H,3-11H2,1-2H3/t18-,19-/m0/s1. The van der Waals surface area contributed by atoms with E-state index in [1.165, 1.54) is 0 Å². The quantitative estimate of drug-likeness (QED) is 0.425. The first-order valence-corrected chi connectivity index (χ1v) is 13.5. The van der Waals surface area contributed by atoms with Crippen molar-refractivity contribution in [2.45, 2.75) is 44.2 Å². The number of methoxy groups -OCH3 is 2. The first-order valence-electron chi connectivity index (χ1n) is 13.5. The third-order valence-electron chi connectivity index (χ3n) is 7.75. The zero-order valence-electron chi connectivity index (χ0n) is 22.2. The third-order valence-corrected chi connectivity index (χ3v) is 7.75. The lowest BCUT2D eigenvalue weighted by Gasteiger charge is -2.37. The Morgan fingerprint density at radius 1 is 0.692 bits per heavy atom. The number of amides is 2. The third kappa shape index (κ3) is 4.68. The zero-order valence-corrected chi connectivity index (χ0v) is 22.2. The molecule has 2 amide bonds. The van der Waals surface area contributed by atoms with Crippen LogP contribution in [0.4, 0.5) is 11.4 Å². The normalized spacial score (nSPS) is 20.5. The van der Waals surface area contributed by atoms with Crippen molar-refractivity contribution in [2.75, 3.05) is 40.5 Å². The van der Waals surface area contributed by atoms with Gasteiger partial charge in [0.25, 0.3) is 11.8 Å². The number of hydrogen-bond donors (Lipinski definition) is 0. The Morgan fingerprint density at radius 3 is 1.54 bits per heavy atom. The lowest BCUT2D eigenvalue weighted by atomic mass is 10.0. The molecule has 204 valence electrons. The molecule has 0 aliphatic carbocycles. The number of ether oxygens (including phenoxy) is 4. The van der Waals surface area contributed by atoms with Crippen molar-refractivity contribution in [3.8, 4) is 23.0 Å². The van der Waals surface area contributed by atoms with Gasteiger partial charge in [0.1, 0.15) is 0 Å². The monoisotopic (exact) mass is 532 g/mol. The molecule has 10 nitrogen and oxygen atoms in total. The van der Waals surface area contributed by atoms with E-state index >= 15 is 0 Å². The summed E-state index contributed by atoms with van der Waals surface area (Å²) in [5.74, 6) is 2.19. The summed E-state index contributed by atoms with van der Waals surface area (Å²) in [6, 6.07) is 7.20.